The summed E-state index contributed by atoms with van der Waals surface area (Å²) in [6, 6.07) is 0. The van der Waals surface area contributed by atoms with Crippen LogP contribution >= 0.6 is 0 Å². The van der Waals surface area contributed by atoms with Gasteiger partial charge in [-0.05, 0) is 0 Å². The molecule has 0 aliphatic heterocycles. The maximum Gasteiger partial charge on any atom is 0 e. The fraction of sp³-hybridized carbons (Fsp3) is 0. The molecule has 0 nitrogen and oxygen atoms in total. The molecule has 0 spiro atoms. The Balaban J connectivity index is 0. The smallest absolute Gasteiger partial charge is 0 e. The summed E-state index contributed by atoms with van der Waals surface area (Å²) in [6.45, 7) is 0. The van der Waals surface area contributed by atoms with Crippen LogP contribution in [0.5, 0.6) is 0 Å². The molecule has 18 valence electrons. The van der Waals surface area contributed by atoms with Gasteiger partial charge in [0.25, 0.3) is 0 Å². The van der Waals surface area contributed by atoms with Crippen molar-refractivity contribution >= 4 is 62.8 Å². The molecule has 0 aliphatic carbocycles. The first-order valence-electron chi connectivity index (χ1n) is 0. The molecular weight excluding hydrogens is 434 g/mol. The van der Waals surface area contributed by atoms with Gasteiger partial charge in [0.1, 0.15) is 0 Å². The standard InChI is InChI=1S/Al.La.Sr.Ta.5H. The molecule has 0 bridgehead atoms. The molecule has 4 heteroatoms. The topological polar surface area (TPSA) is 0 Å². The van der Waals surface area contributed by atoms with Gasteiger partial charge in [0.05, 0.1) is 0 Å². The first kappa shape index (κ1) is 24.6. The Bertz CT molecular complexity index is 8.00. The maximum atomic E-state index is 0. The summed E-state index contributed by atoms with van der Waals surface area (Å²) in [4.78, 5) is 0. The summed E-state index contributed by atoms with van der Waals surface area (Å²) in [6.07, 6.45) is 0. The molecular formula is H5AlLaSrTa. The molecule has 0 saturated heterocycles. The van der Waals surface area contributed by atoms with Crippen LogP contribution in [0, 0.1) is 35.6 Å². The van der Waals surface area contributed by atoms with Crippen LogP contribution in [0.25, 0.3) is 0 Å². The maximum absolute atomic E-state index is 0. The van der Waals surface area contributed by atoms with Gasteiger partial charge in [-0.25, -0.2) is 0 Å². The second kappa shape index (κ2) is 15.8. The molecule has 0 aromatic rings. The minimum absolute atomic E-state index is 0. The predicted molar refractivity (Wildman–Crippen MR) is 18.5 cm³/mol. The predicted octanol–water partition coefficient (Wildman–Crippen LogP) is -2.10. The quantitative estimate of drug-likeness (QED) is 0.380. The van der Waals surface area contributed by atoms with Crippen molar-refractivity contribution in [1.82, 2.24) is 0 Å². The largest absolute Gasteiger partial charge is 0 e. The second-order valence-corrected chi connectivity index (χ2v) is 0. The van der Waals surface area contributed by atoms with Crippen LogP contribution in [-0.4, -0.2) is 62.8 Å². The van der Waals surface area contributed by atoms with Crippen LogP contribution in [0.2, 0.25) is 0 Å². The van der Waals surface area contributed by atoms with E-state index in [1.807, 2.05) is 0 Å². The summed E-state index contributed by atoms with van der Waals surface area (Å²) in [5.74, 6) is 0. The molecule has 2 radical (unpaired) electrons. The Hall–Kier alpha value is 3.95. The van der Waals surface area contributed by atoms with E-state index in [0.717, 1.165) is 0 Å². The van der Waals surface area contributed by atoms with Crippen molar-refractivity contribution in [3.63, 3.8) is 0 Å². The van der Waals surface area contributed by atoms with Crippen LogP contribution in [0.4, 0.5) is 0 Å². The third kappa shape index (κ3) is 9.34. The van der Waals surface area contributed by atoms with E-state index in [4.69, 9.17) is 0 Å². The molecule has 0 heterocycles. The van der Waals surface area contributed by atoms with Gasteiger partial charge in [0.2, 0.25) is 0 Å². The van der Waals surface area contributed by atoms with E-state index < -0.39 is 0 Å². The van der Waals surface area contributed by atoms with Crippen molar-refractivity contribution < 1.29 is 58.0 Å². The van der Waals surface area contributed by atoms with Crippen LogP contribution in [0.3, 0.4) is 0 Å². The van der Waals surface area contributed by atoms with Gasteiger partial charge in [0.15, 0.2) is 17.4 Å². The van der Waals surface area contributed by atoms with Crippen molar-refractivity contribution in [3.8, 4) is 0 Å². The molecule has 0 aliphatic rings. The molecule has 0 fully saturated rings. The van der Waals surface area contributed by atoms with Crippen molar-refractivity contribution in [2.45, 2.75) is 0 Å². The summed E-state index contributed by atoms with van der Waals surface area (Å²) in [5, 5.41) is 0. The van der Waals surface area contributed by atoms with E-state index >= 15 is 0 Å². The minimum Gasteiger partial charge on any atom is 0 e. The zero-order valence-electron chi connectivity index (χ0n) is 1.02. The molecule has 0 N–H and O–H groups in total. The molecule has 0 aromatic heterocycles. The Morgan fingerprint density at radius 3 is 1.00 bits per heavy atom. The van der Waals surface area contributed by atoms with Gasteiger partial charge in [-0.2, -0.15) is 0 Å². The molecule has 0 saturated carbocycles. The van der Waals surface area contributed by atoms with Crippen molar-refractivity contribution in [2.24, 2.45) is 0 Å². The van der Waals surface area contributed by atoms with Crippen LogP contribution < -0.4 is 0 Å². The number of rotatable bonds is 0. The zero-order valence-corrected chi connectivity index (χ0v) is 7.86. The first-order valence-corrected chi connectivity index (χ1v) is 0. The van der Waals surface area contributed by atoms with E-state index in [1.165, 1.54) is 0 Å². The third-order valence-corrected chi connectivity index (χ3v) is 0. The van der Waals surface area contributed by atoms with E-state index in [2.05, 4.69) is 0 Å². The van der Waals surface area contributed by atoms with Crippen LogP contribution in [0.15, 0.2) is 0 Å². The van der Waals surface area contributed by atoms with Crippen LogP contribution in [0.1, 0.15) is 0 Å². The second-order valence-electron chi connectivity index (χ2n) is 0. The molecule has 0 rings (SSSR count). The Morgan fingerprint density at radius 1 is 1.00 bits per heavy atom. The van der Waals surface area contributed by atoms with Gasteiger partial charge in [-0.1, -0.05) is 0 Å². The van der Waals surface area contributed by atoms with E-state index in [9.17, 15) is 0 Å². The van der Waals surface area contributed by atoms with Crippen molar-refractivity contribution in [3.05, 3.63) is 0 Å². The summed E-state index contributed by atoms with van der Waals surface area (Å²) in [5.41, 5.74) is 0. The molecule has 0 atom stereocenters. The van der Waals surface area contributed by atoms with Gasteiger partial charge in [0, 0.05) is 58.0 Å². The Morgan fingerprint density at radius 2 is 1.00 bits per heavy atom. The average Bonchev–Trinajstić information content (AvgIpc) is 0. The van der Waals surface area contributed by atoms with Crippen molar-refractivity contribution in [2.75, 3.05) is 0 Å². The van der Waals surface area contributed by atoms with Gasteiger partial charge >= 0.3 is 45.5 Å². The van der Waals surface area contributed by atoms with Crippen LogP contribution in [-0.2, 0) is 22.4 Å². The average molecular weight is 439 g/mol. The molecule has 0 amide bonds. The molecule has 4 heavy (non-hydrogen) atoms. The zero-order chi connectivity index (χ0) is 0. The fourth-order valence-corrected chi connectivity index (χ4v) is 0. The molecule has 0 aromatic carbocycles. The first-order chi connectivity index (χ1) is 0. The normalized spacial score (nSPS) is 0. The fourth-order valence-electron chi connectivity index (χ4n) is 0. The number of hydrogen-bond donors (Lipinski definition) is 0. The van der Waals surface area contributed by atoms with E-state index in [-0.39, 0.29) is 121 Å². The summed E-state index contributed by atoms with van der Waals surface area (Å²) < 4.78 is 0. The van der Waals surface area contributed by atoms with Gasteiger partial charge in [-0.3, -0.25) is 0 Å². The van der Waals surface area contributed by atoms with Crippen molar-refractivity contribution in [1.29, 1.82) is 0 Å². The SMILES string of the molecule is [AlH3].[La].[SrH2].[Ta]. The van der Waals surface area contributed by atoms with Gasteiger partial charge < -0.3 is 0 Å². The Labute approximate surface area is 117 Å². The molecule has 0 unspecified atom stereocenters. The van der Waals surface area contributed by atoms with Gasteiger partial charge in [-0.15, -0.1) is 0 Å². The monoisotopic (exact) mass is 440 g/mol. The van der Waals surface area contributed by atoms with E-state index in [1.54, 1.807) is 0 Å². The number of hydrogen-bond acceptors (Lipinski definition) is 0. The minimum atomic E-state index is 0. The summed E-state index contributed by atoms with van der Waals surface area (Å²) in [7, 11) is 0. The Kier molecular flexibility index (Phi) is 97.1. The van der Waals surface area contributed by atoms with E-state index in [0.29, 0.717) is 0 Å². The third-order valence-electron chi connectivity index (χ3n) is 0. The summed E-state index contributed by atoms with van der Waals surface area (Å²) >= 11 is 0.